The van der Waals surface area contributed by atoms with Gasteiger partial charge in [0.2, 0.25) is 11.8 Å². The number of benzene rings is 1. The van der Waals surface area contributed by atoms with E-state index < -0.39 is 0 Å². The molecule has 3 rings (SSSR count). The lowest BCUT2D eigenvalue weighted by Crippen LogP contribution is -2.51. The highest BCUT2D eigenvalue weighted by Crippen LogP contribution is 2.15. The number of amides is 2. The lowest BCUT2D eigenvalue weighted by atomic mass is 10.1. The topological polar surface area (TPSA) is 87.9 Å². The number of piperazine rings is 1. The zero-order valence-electron chi connectivity index (χ0n) is 17.3. The largest absolute Gasteiger partial charge is 0.492 e. The summed E-state index contributed by atoms with van der Waals surface area (Å²) in [4.78, 5) is 28.5. The Morgan fingerprint density at radius 1 is 1.23 bits per heavy atom. The van der Waals surface area contributed by atoms with Crippen LogP contribution in [0.3, 0.4) is 0 Å². The molecule has 0 radical (unpaired) electrons. The van der Waals surface area contributed by atoms with Crippen molar-refractivity contribution >= 4 is 11.8 Å². The minimum Gasteiger partial charge on any atom is -0.492 e. The van der Waals surface area contributed by atoms with Gasteiger partial charge in [0.25, 0.3) is 0 Å². The van der Waals surface area contributed by atoms with E-state index in [1.54, 1.807) is 12.1 Å². The summed E-state index contributed by atoms with van der Waals surface area (Å²) < 4.78 is 23.6. The molecule has 1 N–H and O–H groups in total. The highest BCUT2D eigenvalue weighted by molar-refractivity contribution is 5.80. The molecule has 0 saturated carbocycles. The quantitative estimate of drug-likeness (QED) is 0.651. The van der Waals surface area contributed by atoms with E-state index in [2.05, 4.69) is 10.5 Å². The van der Waals surface area contributed by atoms with E-state index in [1.165, 1.54) is 12.1 Å². The Kier molecular flexibility index (Phi) is 7.40. The minimum atomic E-state index is -0.360. The Hall–Kier alpha value is -2.94. The maximum absolute atomic E-state index is 13.1. The molecule has 0 unspecified atom stereocenters. The highest BCUT2D eigenvalue weighted by atomic mass is 19.1. The average Bonchev–Trinajstić information content (AvgIpc) is 3.04. The Labute approximate surface area is 174 Å². The van der Waals surface area contributed by atoms with Gasteiger partial charge in [-0.1, -0.05) is 11.2 Å². The van der Waals surface area contributed by atoms with E-state index in [1.807, 2.05) is 23.6 Å². The van der Waals surface area contributed by atoms with Crippen LogP contribution in [0.25, 0.3) is 0 Å². The number of carbonyl (C=O) groups is 2. The summed E-state index contributed by atoms with van der Waals surface area (Å²) in [6.45, 7) is 6.95. The van der Waals surface area contributed by atoms with E-state index in [0.717, 1.165) is 11.3 Å². The molecule has 1 aliphatic rings. The van der Waals surface area contributed by atoms with Crippen molar-refractivity contribution in [2.24, 2.45) is 0 Å². The van der Waals surface area contributed by atoms with Crippen molar-refractivity contribution in [1.29, 1.82) is 0 Å². The molecule has 1 aromatic heterocycles. The second kappa shape index (κ2) is 10.2. The van der Waals surface area contributed by atoms with Crippen LogP contribution in [0.2, 0.25) is 0 Å². The van der Waals surface area contributed by atoms with Crippen molar-refractivity contribution in [3.8, 4) is 5.75 Å². The second-order valence-corrected chi connectivity index (χ2v) is 7.29. The van der Waals surface area contributed by atoms with Crippen molar-refractivity contribution in [2.45, 2.75) is 20.3 Å². The van der Waals surface area contributed by atoms with Crippen molar-refractivity contribution in [3.63, 3.8) is 0 Å². The fraction of sp³-hybridized carbons (Fsp3) is 0.476. The third kappa shape index (κ3) is 6.03. The monoisotopic (exact) mass is 418 g/mol. The van der Waals surface area contributed by atoms with E-state index in [-0.39, 0.29) is 37.2 Å². The van der Waals surface area contributed by atoms with E-state index in [9.17, 15) is 14.0 Å². The molecule has 0 bridgehead atoms. The summed E-state index contributed by atoms with van der Waals surface area (Å²) >= 11 is 0. The SMILES string of the molecule is Cc1noc(C)c1CC(=O)N1CCN(CC(=O)NCCOc2cccc(F)c2)CC1. The van der Waals surface area contributed by atoms with Gasteiger partial charge in [-0.25, -0.2) is 4.39 Å². The molecule has 0 spiro atoms. The molecular formula is C21H27FN4O4. The smallest absolute Gasteiger partial charge is 0.234 e. The molecule has 0 atom stereocenters. The zero-order valence-corrected chi connectivity index (χ0v) is 17.3. The van der Waals surface area contributed by atoms with Gasteiger partial charge in [0, 0.05) is 37.8 Å². The molecule has 162 valence electrons. The average molecular weight is 418 g/mol. The standard InChI is InChI=1S/C21H27FN4O4/c1-15-19(16(2)30-24-15)13-21(28)26-9-7-25(8-10-26)14-20(27)23-6-11-29-18-5-3-4-17(22)12-18/h3-5,12H,6-11,13-14H2,1-2H3,(H,23,27). The molecule has 1 saturated heterocycles. The van der Waals surface area contributed by atoms with Gasteiger partial charge in [-0.15, -0.1) is 0 Å². The van der Waals surface area contributed by atoms with Gasteiger partial charge in [-0.3, -0.25) is 14.5 Å². The minimum absolute atomic E-state index is 0.0444. The van der Waals surface area contributed by atoms with E-state index >= 15 is 0 Å². The molecule has 1 aromatic carbocycles. The summed E-state index contributed by atoms with van der Waals surface area (Å²) in [5, 5.41) is 6.68. The first-order chi connectivity index (χ1) is 14.4. The van der Waals surface area contributed by atoms with Crippen LogP contribution in [0.5, 0.6) is 5.75 Å². The first-order valence-electron chi connectivity index (χ1n) is 9.99. The van der Waals surface area contributed by atoms with Crippen molar-refractivity contribution in [1.82, 2.24) is 20.3 Å². The molecule has 8 nitrogen and oxygen atoms in total. The number of carbonyl (C=O) groups excluding carboxylic acids is 2. The molecule has 0 aliphatic carbocycles. The number of aromatic nitrogens is 1. The first-order valence-corrected chi connectivity index (χ1v) is 9.99. The Balaban J connectivity index is 1.33. The molecule has 9 heteroatoms. The summed E-state index contributed by atoms with van der Waals surface area (Å²) in [5.41, 5.74) is 1.60. The van der Waals surface area contributed by atoms with Crippen LogP contribution in [-0.4, -0.2) is 72.6 Å². The van der Waals surface area contributed by atoms with Crippen molar-refractivity contribution in [2.75, 3.05) is 45.9 Å². The van der Waals surface area contributed by atoms with Gasteiger partial charge in [-0.05, 0) is 26.0 Å². The number of nitrogens with one attached hydrogen (secondary N) is 1. The lowest BCUT2D eigenvalue weighted by molar-refractivity contribution is -0.132. The lowest BCUT2D eigenvalue weighted by Gasteiger charge is -2.34. The summed E-state index contributed by atoms with van der Waals surface area (Å²) in [6, 6.07) is 5.88. The number of hydrogen-bond donors (Lipinski definition) is 1. The Morgan fingerprint density at radius 3 is 2.67 bits per heavy atom. The number of rotatable bonds is 8. The first kappa shape index (κ1) is 21.8. The van der Waals surface area contributed by atoms with Crippen LogP contribution in [0.1, 0.15) is 17.0 Å². The van der Waals surface area contributed by atoms with Gasteiger partial charge in [0.15, 0.2) is 0 Å². The third-order valence-electron chi connectivity index (χ3n) is 5.09. The summed E-state index contributed by atoms with van der Waals surface area (Å²) in [7, 11) is 0. The maximum Gasteiger partial charge on any atom is 0.234 e. The summed E-state index contributed by atoms with van der Waals surface area (Å²) in [5.74, 6) is 0.691. The van der Waals surface area contributed by atoms with Gasteiger partial charge < -0.3 is 19.5 Å². The van der Waals surface area contributed by atoms with E-state index in [4.69, 9.17) is 9.26 Å². The molecule has 2 aromatic rings. The number of aryl methyl sites for hydroxylation is 2. The Bertz CT molecular complexity index is 858. The van der Waals surface area contributed by atoms with Crippen LogP contribution in [0.4, 0.5) is 4.39 Å². The van der Waals surface area contributed by atoms with Crippen LogP contribution in [0.15, 0.2) is 28.8 Å². The van der Waals surface area contributed by atoms with Crippen LogP contribution < -0.4 is 10.1 Å². The third-order valence-corrected chi connectivity index (χ3v) is 5.09. The zero-order chi connectivity index (χ0) is 21.5. The van der Waals surface area contributed by atoms with Crippen LogP contribution >= 0.6 is 0 Å². The fourth-order valence-corrected chi connectivity index (χ4v) is 3.35. The molecule has 1 aliphatic heterocycles. The van der Waals surface area contributed by atoms with Gasteiger partial charge >= 0.3 is 0 Å². The highest BCUT2D eigenvalue weighted by Gasteiger charge is 2.24. The number of ether oxygens (including phenoxy) is 1. The fourth-order valence-electron chi connectivity index (χ4n) is 3.35. The number of nitrogens with zero attached hydrogens (tertiary/aromatic N) is 3. The number of hydrogen-bond acceptors (Lipinski definition) is 6. The van der Waals surface area contributed by atoms with E-state index in [0.29, 0.717) is 44.2 Å². The molecule has 30 heavy (non-hydrogen) atoms. The molecule has 1 fully saturated rings. The van der Waals surface area contributed by atoms with Gasteiger partial charge in [0.1, 0.15) is 23.9 Å². The van der Waals surface area contributed by atoms with Gasteiger partial charge in [-0.2, -0.15) is 0 Å². The molecule has 2 amide bonds. The van der Waals surface area contributed by atoms with Gasteiger partial charge in [0.05, 0.1) is 25.2 Å². The van der Waals surface area contributed by atoms with Crippen LogP contribution in [-0.2, 0) is 16.0 Å². The van der Waals surface area contributed by atoms with Crippen molar-refractivity contribution in [3.05, 3.63) is 47.1 Å². The second-order valence-electron chi connectivity index (χ2n) is 7.29. The molecule has 2 heterocycles. The molecular weight excluding hydrogens is 391 g/mol. The maximum atomic E-state index is 13.1. The Morgan fingerprint density at radius 2 is 2.00 bits per heavy atom. The van der Waals surface area contributed by atoms with Crippen LogP contribution in [0, 0.1) is 19.7 Å². The summed E-state index contributed by atoms with van der Waals surface area (Å²) in [6.07, 6.45) is 0.285. The number of halogens is 1. The van der Waals surface area contributed by atoms with Crippen molar-refractivity contribution < 1.29 is 23.2 Å². The normalized spacial score (nSPS) is 14.6. The predicted octanol–water partition coefficient (Wildman–Crippen LogP) is 1.31. The predicted molar refractivity (Wildman–Crippen MR) is 108 cm³/mol.